The van der Waals surface area contributed by atoms with E-state index in [-0.39, 0.29) is 11.8 Å². The number of benzene rings is 2. The van der Waals surface area contributed by atoms with Crippen LogP contribution in [0.15, 0.2) is 46.9 Å². The third kappa shape index (κ3) is 3.63. The molecule has 146 valence electrons. The normalized spacial score (nSPS) is 14.0. The molecule has 0 unspecified atom stereocenters. The molecule has 3 aromatic rings. The number of rotatable bonds is 2. The zero-order valence-electron chi connectivity index (χ0n) is 16.2. The highest BCUT2D eigenvalue weighted by Gasteiger charge is 2.29. The van der Waals surface area contributed by atoms with Gasteiger partial charge < -0.3 is 23.9 Å². The van der Waals surface area contributed by atoms with Crippen molar-refractivity contribution in [2.75, 3.05) is 6.54 Å². The second-order valence-electron chi connectivity index (χ2n) is 7.89. The fourth-order valence-corrected chi connectivity index (χ4v) is 3.30. The number of amides is 1. The predicted molar refractivity (Wildman–Crippen MR) is 105 cm³/mol. The monoisotopic (exact) mass is 381 g/mol. The first-order valence-electron chi connectivity index (χ1n) is 9.28. The molecule has 1 aliphatic rings. The van der Waals surface area contributed by atoms with Crippen molar-refractivity contribution in [1.29, 1.82) is 0 Å². The number of phenols is 1. The van der Waals surface area contributed by atoms with Gasteiger partial charge in [0.25, 0.3) is 0 Å². The lowest BCUT2D eigenvalue weighted by atomic mass is 10.0. The summed E-state index contributed by atoms with van der Waals surface area (Å²) >= 11 is 0. The Morgan fingerprint density at radius 3 is 2.61 bits per heavy atom. The van der Waals surface area contributed by atoms with E-state index in [4.69, 9.17) is 13.9 Å². The average Bonchev–Trinajstić information content (AvgIpc) is 3.00. The Morgan fingerprint density at radius 1 is 1.14 bits per heavy atom. The summed E-state index contributed by atoms with van der Waals surface area (Å²) in [6.45, 7) is 6.41. The second kappa shape index (κ2) is 6.78. The van der Waals surface area contributed by atoms with Gasteiger partial charge in [-0.25, -0.2) is 4.79 Å². The number of carbonyl (C=O) groups excluding carboxylic acids is 1. The lowest BCUT2D eigenvalue weighted by Crippen LogP contribution is -2.39. The van der Waals surface area contributed by atoms with Crippen LogP contribution in [0.1, 0.15) is 32.1 Å². The predicted octanol–water partition coefficient (Wildman–Crippen LogP) is 5.22. The Kier molecular flexibility index (Phi) is 4.41. The van der Waals surface area contributed by atoms with Gasteiger partial charge in [-0.3, -0.25) is 0 Å². The molecular weight excluding hydrogens is 358 g/mol. The van der Waals surface area contributed by atoms with Gasteiger partial charge in [-0.2, -0.15) is 0 Å². The Hall–Kier alpha value is -3.15. The van der Waals surface area contributed by atoms with Crippen LogP contribution in [0.5, 0.6) is 17.2 Å². The van der Waals surface area contributed by atoms with Crippen LogP contribution < -0.4 is 4.74 Å². The summed E-state index contributed by atoms with van der Waals surface area (Å²) in [5, 5.41) is 11.2. The summed E-state index contributed by atoms with van der Waals surface area (Å²) in [5.74, 6) is 1.98. The summed E-state index contributed by atoms with van der Waals surface area (Å²) in [4.78, 5) is 14.1. The Bertz CT molecular complexity index is 1020. The lowest BCUT2D eigenvalue weighted by molar-refractivity contribution is 0.0220. The molecular formula is C22H23NO5. The van der Waals surface area contributed by atoms with Crippen molar-refractivity contribution < 1.29 is 23.8 Å². The van der Waals surface area contributed by atoms with Crippen LogP contribution in [0.2, 0.25) is 0 Å². The maximum atomic E-state index is 12.5. The minimum Gasteiger partial charge on any atom is -0.504 e. The Morgan fingerprint density at radius 2 is 1.89 bits per heavy atom. The maximum absolute atomic E-state index is 12.5. The molecule has 0 atom stereocenters. The highest BCUT2D eigenvalue weighted by molar-refractivity contribution is 5.89. The van der Waals surface area contributed by atoms with Gasteiger partial charge in [0.15, 0.2) is 11.3 Å². The molecule has 6 nitrogen and oxygen atoms in total. The van der Waals surface area contributed by atoms with E-state index in [0.29, 0.717) is 36.6 Å². The van der Waals surface area contributed by atoms with Crippen LogP contribution in [0.4, 0.5) is 4.79 Å². The molecule has 1 N–H and O–H groups in total. The number of carbonyl (C=O) groups is 1. The maximum Gasteiger partial charge on any atom is 0.410 e. The number of hydrogen-bond donors (Lipinski definition) is 1. The molecule has 1 aliphatic heterocycles. The van der Waals surface area contributed by atoms with Gasteiger partial charge in [-0.15, -0.1) is 0 Å². The third-order valence-electron chi connectivity index (χ3n) is 4.52. The number of nitrogens with zero attached hydrogens (tertiary/aromatic N) is 1. The van der Waals surface area contributed by atoms with Gasteiger partial charge in [-0.1, -0.05) is 18.2 Å². The fourth-order valence-electron chi connectivity index (χ4n) is 3.30. The van der Waals surface area contributed by atoms with Gasteiger partial charge in [-0.05, 0) is 39.0 Å². The number of phenolic OH excluding ortho intramolecular Hbond substituents is 1. The quantitative estimate of drug-likeness (QED) is 0.658. The van der Waals surface area contributed by atoms with E-state index in [1.54, 1.807) is 4.90 Å². The highest BCUT2D eigenvalue weighted by atomic mass is 16.6. The molecule has 0 spiro atoms. The van der Waals surface area contributed by atoms with Gasteiger partial charge in [0.1, 0.15) is 22.9 Å². The largest absolute Gasteiger partial charge is 0.504 e. The van der Waals surface area contributed by atoms with E-state index >= 15 is 0 Å². The van der Waals surface area contributed by atoms with Crippen LogP contribution in [0, 0.1) is 0 Å². The smallest absolute Gasteiger partial charge is 0.410 e. The minimum atomic E-state index is -0.551. The minimum absolute atomic E-state index is 0.0154. The molecule has 4 rings (SSSR count). The van der Waals surface area contributed by atoms with Gasteiger partial charge >= 0.3 is 6.09 Å². The van der Waals surface area contributed by atoms with Crippen molar-refractivity contribution in [3.05, 3.63) is 53.8 Å². The number of furan rings is 1. The number of hydrogen-bond acceptors (Lipinski definition) is 5. The SMILES string of the molecule is CC(C)(C)OC(=O)N1CCc2oc3c(O)cc(Oc4ccccc4)cc3c2C1. The van der Waals surface area contributed by atoms with E-state index in [9.17, 15) is 9.90 Å². The first-order valence-corrected chi connectivity index (χ1v) is 9.28. The van der Waals surface area contributed by atoms with E-state index in [0.717, 1.165) is 16.7 Å². The zero-order chi connectivity index (χ0) is 19.9. The van der Waals surface area contributed by atoms with Crippen LogP contribution in [-0.2, 0) is 17.7 Å². The van der Waals surface area contributed by atoms with Crippen molar-refractivity contribution in [3.63, 3.8) is 0 Å². The molecule has 0 aliphatic carbocycles. The van der Waals surface area contributed by atoms with E-state index in [1.807, 2.05) is 57.2 Å². The first kappa shape index (κ1) is 18.2. The molecule has 28 heavy (non-hydrogen) atoms. The number of ether oxygens (including phenoxy) is 2. The molecule has 2 aromatic carbocycles. The van der Waals surface area contributed by atoms with E-state index < -0.39 is 5.60 Å². The van der Waals surface area contributed by atoms with Gasteiger partial charge in [0, 0.05) is 30.0 Å². The summed E-state index contributed by atoms with van der Waals surface area (Å²) in [7, 11) is 0. The number of aromatic hydroxyl groups is 1. The average molecular weight is 381 g/mol. The number of fused-ring (bicyclic) bond motifs is 3. The highest BCUT2D eigenvalue weighted by Crippen LogP contribution is 2.39. The molecule has 6 heteroatoms. The van der Waals surface area contributed by atoms with Crippen LogP contribution in [-0.4, -0.2) is 28.2 Å². The van der Waals surface area contributed by atoms with Gasteiger partial charge in [0.05, 0.1) is 6.54 Å². The zero-order valence-corrected chi connectivity index (χ0v) is 16.2. The second-order valence-corrected chi connectivity index (χ2v) is 7.89. The fraction of sp³-hybridized carbons (Fsp3) is 0.318. The van der Waals surface area contributed by atoms with Crippen molar-refractivity contribution in [2.45, 2.75) is 39.3 Å². The van der Waals surface area contributed by atoms with Crippen molar-refractivity contribution in [1.82, 2.24) is 4.90 Å². The Labute approximate surface area is 163 Å². The molecule has 1 amide bonds. The van der Waals surface area contributed by atoms with Crippen molar-refractivity contribution in [3.8, 4) is 17.2 Å². The molecule has 0 saturated carbocycles. The van der Waals surface area contributed by atoms with Crippen LogP contribution in [0.3, 0.4) is 0 Å². The number of para-hydroxylation sites is 1. The van der Waals surface area contributed by atoms with Crippen molar-refractivity contribution in [2.24, 2.45) is 0 Å². The molecule has 0 radical (unpaired) electrons. The van der Waals surface area contributed by atoms with Crippen molar-refractivity contribution >= 4 is 17.1 Å². The molecule has 0 bridgehead atoms. The molecule has 2 heterocycles. The topological polar surface area (TPSA) is 72.1 Å². The first-order chi connectivity index (χ1) is 13.3. The van der Waals surface area contributed by atoms with Crippen LogP contribution in [0.25, 0.3) is 11.0 Å². The molecule has 0 saturated heterocycles. The summed E-state index contributed by atoms with van der Waals surface area (Å²) in [5.41, 5.74) is 0.738. The summed E-state index contributed by atoms with van der Waals surface area (Å²) in [6, 6.07) is 12.7. The summed E-state index contributed by atoms with van der Waals surface area (Å²) < 4.78 is 17.2. The van der Waals surface area contributed by atoms with E-state index in [2.05, 4.69) is 0 Å². The molecule has 1 aromatic heterocycles. The van der Waals surface area contributed by atoms with Crippen LogP contribution >= 0.6 is 0 Å². The van der Waals surface area contributed by atoms with E-state index in [1.165, 1.54) is 6.07 Å². The molecule has 0 fully saturated rings. The third-order valence-corrected chi connectivity index (χ3v) is 4.52. The summed E-state index contributed by atoms with van der Waals surface area (Å²) in [6.07, 6.45) is 0.214. The van der Waals surface area contributed by atoms with Gasteiger partial charge in [0.2, 0.25) is 0 Å². The Balaban J connectivity index is 1.66. The lowest BCUT2D eigenvalue weighted by Gasteiger charge is -2.29. The standard InChI is InChI=1S/C22H23NO5/c1-22(2,3)28-21(25)23-10-9-19-17(13-23)16-11-15(12-18(24)20(16)27-19)26-14-7-5-4-6-8-14/h4-8,11-12,24H,9-10,13H2,1-3H3.